The van der Waals surface area contributed by atoms with E-state index in [9.17, 15) is 0 Å². The third-order valence-electron chi connectivity index (χ3n) is 3.79. The van der Waals surface area contributed by atoms with Crippen molar-refractivity contribution in [1.29, 1.82) is 0 Å². The van der Waals surface area contributed by atoms with Crippen LogP contribution < -0.4 is 5.84 Å². The molecule has 1 saturated heterocycles. The molecule has 22 heavy (non-hydrogen) atoms. The van der Waals surface area contributed by atoms with Crippen LogP contribution in [0.1, 0.15) is 24.0 Å². The van der Waals surface area contributed by atoms with Gasteiger partial charge in [0.1, 0.15) is 0 Å². The summed E-state index contributed by atoms with van der Waals surface area (Å²) in [6.45, 7) is 4.19. The second kappa shape index (κ2) is 9.36. The molecular weight excluding hydrogens is 270 g/mol. The number of hydrogen-bond donors (Lipinski definition) is 1. The fourth-order valence-electron chi connectivity index (χ4n) is 2.57. The summed E-state index contributed by atoms with van der Waals surface area (Å²) in [5.41, 5.74) is 2.47. The number of hydrogen-bond acceptors (Lipinski definition) is 3. The standard InChI is InChI=1S/C14H16N2.C5H11N/c15-16(11-13-7-3-1-4-8-13)12-14-9-5-2-6-10-14;1-6-4-2-3-5-6/h1-10H,11-12,15H2;2-5H2,1H3. The first-order valence-electron chi connectivity index (χ1n) is 8.00. The number of likely N-dealkylation sites (tertiary alicyclic amines) is 1. The average Bonchev–Trinajstić information content (AvgIpc) is 3.01. The molecule has 2 N–H and O–H groups in total. The smallest absolute Gasteiger partial charge is 0.0383 e. The Balaban J connectivity index is 0.000000246. The fraction of sp³-hybridized carbons (Fsp3) is 0.368. The molecule has 3 nitrogen and oxygen atoms in total. The number of nitrogens with zero attached hydrogens (tertiary/aromatic N) is 2. The number of hydrazine groups is 1. The van der Waals surface area contributed by atoms with Gasteiger partial charge in [-0.2, -0.15) is 0 Å². The van der Waals surface area contributed by atoms with Crippen LogP contribution in [0.3, 0.4) is 0 Å². The van der Waals surface area contributed by atoms with Gasteiger partial charge in [0.2, 0.25) is 0 Å². The van der Waals surface area contributed by atoms with E-state index in [4.69, 9.17) is 5.84 Å². The van der Waals surface area contributed by atoms with E-state index < -0.39 is 0 Å². The van der Waals surface area contributed by atoms with Crippen molar-refractivity contribution < 1.29 is 0 Å². The van der Waals surface area contributed by atoms with Crippen molar-refractivity contribution in [3.63, 3.8) is 0 Å². The zero-order chi connectivity index (χ0) is 15.6. The lowest BCUT2D eigenvalue weighted by atomic mass is 10.2. The van der Waals surface area contributed by atoms with Crippen molar-refractivity contribution >= 4 is 0 Å². The first kappa shape index (κ1) is 16.7. The molecule has 0 aliphatic carbocycles. The second-order valence-electron chi connectivity index (χ2n) is 5.89. The van der Waals surface area contributed by atoms with Gasteiger partial charge in [0, 0.05) is 13.1 Å². The summed E-state index contributed by atoms with van der Waals surface area (Å²) >= 11 is 0. The molecule has 3 heteroatoms. The molecule has 0 unspecified atom stereocenters. The molecule has 0 atom stereocenters. The van der Waals surface area contributed by atoms with Crippen LogP contribution in [0, 0.1) is 0 Å². The highest BCUT2D eigenvalue weighted by molar-refractivity contribution is 5.16. The van der Waals surface area contributed by atoms with Gasteiger partial charge in [-0.25, -0.2) is 5.01 Å². The van der Waals surface area contributed by atoms with Crippen LogP contribution in [0.2, 0.25) is 0 Å². The summed E-state index contributed by atoms with van der Waals surface area (Å²) < 4.78 is 0. The average molecular weight is 297 g/mol. The molecule has 0 aromatic heterocycles. The molecule has 2 aromatic carbocycles. The van der Waals surface area contributed by atoms with Gasteiger partial charge in [0.05, 0.1) is 0 Å². The van der Waals surface area contributed by atoms with Crippen LogP contribution in [0.4, 0.5) is 0 Å². The van der Waals surface area contributed by atoms with Crippen LogP contribution in [-0.2, 0) is 13.1 Å². The van der Waals surface area contributed by atoms with E-state index in [0.29, 0.717) is 0 Å². The third-order valence-corrected chi connectivity index (χ3v) is 3.79. The minimum absolute atomic E-state index is 0.774. The Bertz CT molecular complexity index is 465. The normalized spacial score (nSPS) is 14.7. The highest BCUT2D eigenvalue weighted by Crippen LogP contribution is 2.06. The Morgan fingerprint density at radius 3 is 1.55 bits per heavy atom. The van der Waals surface area contributed by atoms with E-state index in [1.807, 2.05) is 41.4 Å². The zero-order valence-electron chi connectivity index (χ0n) is 13.5. The van der Waals surface area contributed by atoms with Gasteiger partial charge in [-0.1, -0.05) is 60.7 Å². The largest absolute Gasteiger partial charge is 0.306 e. The Kier molecular flexibility index (Phi) is 7.10. The van der Waals surface area contributed by atoms with Gasteiger partial charge in [0.15, 0.2) is 0 Å². The molecular formula is C19H27N3. The molecule has 0 saturated carbocycles. The molecule has 0 bridgehead atoms. The van der Waals surface area contributed by atoms with Crippen molar-refractivity contribution in [2.24, 2.45) is 5.84 Å². The van der Waals surface area contributed by atoms with E-state index in [0.717, 1.165) is 13.1 Å². The number of nitrogens with two attached hydrogens (primary N) is 1. The Labute approximate surface area is 134 Å². The monoisotopic (exact) mass is 297 g/mol. The molecule has 3 rings (SSSR count). The van der Waals surface area contributed by atoms with Crippen molar-refractivity contribution in [2.45, 2.75) is 25.9 Å². The molecule has 0 amide bonds. The van der Waals surface area contributed by atoms with E-state index in [1.165, 1.54) is 37.1 Å². The first-order valence-corrected chi connectivity index (χ1v) is 8.00. The molecule has 0 spiro atoms. The minimum atomic E-state index is 0.774. The van der Waals surface area contributed by atoms with Crippen LogP contribution in [-0.4, -0.2) is 30.0 Å². The third kappa shape index (κ3) is 6.39. The zero-order valence-corrected chi connectivity index (χ0v) is 13.5. The Morgan fingerprint density at radius 2 is 1.23 bits per heavy atom. The lowest BCUT2D eigenvalue weighted by Gasteiger charge is -2.16. The Morgan fingerprint density at radius 1 is 0.818 bits per heavy atom. The molecule has 0 radical (unpaired) electrons. The molecule has 1 fully saturated rings. The molecule has 1 heterocycles. The summed E-state index contributed by atoms with van der Waals surface area (Å²) in [5.74, 6) is 5.97. The first-order chi connectivity index (χ1) is 10.7. The molecule has 2 aromatic rings. The molecule has 118 valence electrons. The van der Waals surface area contributed by atoms with Gasteiger partial charge in [-0.05, 0) is 44.1 Å². The quantitative estimate of drug-likeness (QED) is 0.694. The van der Waals surface area contributed by atoms with Gasteiger partial charge in [-0.3, -0.25) is 5.84 Å². The maximum Gasteiger partial charge on any atom is 0.0383 e. The summed E-state index contributed by atoms with van der Waals surface area (Å²) in [6, 6.07) is 20.5. The number of rotatable bonds is 4. The van der Waals surface area contributed by atoms with Gasteiger partial charge >= 0.3 is 0 Å². The minimum Gasteiger partial charge on any atom is -0.306 e. The van der Waals surface area contributed by atoms with Gasteiger partial charge in [-0.15, -0.1) is 0 Å². The van der Waals surface area contributed by atoms with Crippen molar-refractivity contribution in [3.05, 3.63) is 71.8 Å². The van der Waals surface area contributed by atoms with E-state index in [2.05, 4.69) is 36.2 Å². The summed E-state index contributed by atoms with van der Waals surface area (Å²) in [5, 5.41) is 1.82. The van der Waals surface area contributed by atoms with E-state index in [-0.39, 0.29) is 0 Å². The summed E-state index contributed by atoms with van der Waals surface area (Å²) in [7, 11) is 2.17. The van der Waals surface area contributed by atoms with E-state index >= 15 is 0 Å². The molecule has 1 aliphatic heterocycles. The summed E-state index contributed by atoms with van der Waals surface area (Å²) in [6.07, 6.45) is 2.83. The van der Waals surface area contributed by atoms with Crippen LogP contribution in [0.15, 0.2) is 60.7 Å². The van der Waals surface area contributed by atoms with Crippen molar-refractivity contribution in [2.75, 3.05) is 20.1 Å². The van der Waals surface area contributed by atoms with Crippen molar-refractivity contribution in [1.82, 2.24) is 9.91 Å². The topological polar surface area (TPSA) is 32.5 Å². The molecule has 1 aliphatic rings. The lowest BCUT2D eigenvalue weighted by molar-refractivity contribution is 0.266. The fourth-order valence-corrected chi connectivity index (χ4v) is 2.57. The number of benzene rings is 2. The highest BCUT2D eigenvalue weighted by Gasteiger charge is 2.03. The van der Waals surface area contributed by atoms with Gasteiger partial charge in [0.25, 0.3) is 0 Å². The Hall–Kier alpha value is -1.68. The predicted molar refractivity (Wildman–Crippen MR) is 93.0 cm³/mol. The van der Waals surface area contributed by atoms with Crippen LogP contribution in [0.5, 0.6) is 0 Å². The predicted octanol–water partition coefficient (Wildman–Crippen LogP) is 3.27. The summed E-state index contributed by atoms with van der Waals surface area (Å²) in [4.78, 5) is 2.36. The SMILES string of the molecule is CN1CCCC1.NN(Cc1ccccc1)Cc1ccccc1. The highest BCUT2D eigenvalue weighted by atomic mass is 15.4. The lowest BCUT2D eigenvalue weighted by Crippen LogP contribution is -2.29. The van der Waals surface area contributed by atoms with Gasteiger partial charge < -0.3 is 4.90 Å². The van der Waals surface area contributed by atoms with Crippen LogP contribution in [0.25, 0.3) is 0 Å². The van der Waals surface area contributed by atoms with Crippen molar-refractivity contribution in [3.8, 4) is 0 Å². The van der Waals surface area contributed by atoms with Crippen LogP contribution >= 0.6 is 0 Å². The van der Waals surface area contributed by atoms with E-state index in [1.54, 1.807) is 0 Å². The second-order valence-corrected chi connectivity index (χ2v) is 5.89. The maximum absolute atomic E-state index is 5.97. The maximum atomic E-state index is 5.97.